The van der Waals surface area contributed by atoms with Crippen molar-refractivity contribution in [3.63, 3.8) is 0 Å². The van der Waals surface area contributed by atoms with Crippen molar-refractivity contribution in [1.82, 2.24) is 4.98 Å². The Morgan fingerprint density at radius 3 is 2.22 bits per heavy atom. The third kappa shape index (κ3) is 6.33. The molecule has 7 rings (SSSR count). The van der Waals surface area contributed by atoms with Crippen LogP contribution in [0.25, 0.3) is 33.3 Å². The Bertz CT molecular complexity index is 2090. The Kier molecular flexibility index (Phi) is 8.99. The van der Waals surface area contributed by atoms with Crippen LogP contribution in [0.2, 0.25) is 0 Å². The van der Waals surface area contributed by atoms with Crippen molar-refractivity contribution in [3.8, 4) is 22.4 Å². The second kappa shape index (κ2) is 13.5. The zero-order valence-electron chi connectivity index (χ0n) is 27.3. The molecule has 1 aliphatic carbocycles. The minimum Gasteiger partial charge on any atom is -0.454 e. The van der Waals surface area contributed by atoms with E-state index in [0.717, 1.165) is 40.4 Å². The lowest BCUT2D eigenvalue weighted by Gasteiger charge is -2.25. The van der Waals surface area contributed by atoms with Crippen molar-refractivity contribution < 1.29 is 23.9 Å². The number of halogens is 1. The molecule has 4 aromatic carbocycles. The quantitative estimate of drug-likeness (QED) is 0.0906. The SMILES string of the molecule is CCc1cc(Br)cc2c(C(=O)OCC(=O)c3ccc(-c4ccccc4)cc3)cc(-c3ccc(N4C(=O)C5CCC(C)CC5C4=O)cc3)nc12. The molecule has 246 valence electrons. The molecule has 1 aliphatic heterocycles. The van der Waals surface area contributed by atoms with Crippen LogP contribution in [-0.2, 0) is 20.7 Å². The number of aryl methyl sites for hydroxylation is 1. The molecular formula is C41H35BrN2O5. The predicted octanol–water partition coefficient (Wildman–Crippen LogP) is 8.86. The fraction of sp³-hybridized carbons (Fsp3) is 0.244. The van der Waals surface area contributed by atoms with Gasteiger partial charge in [0.1, 0.15) is 0 Å². The molecule has 2 aliphatic rings. The van der Waals surface area contributed by atoms with Gasteiger partial charge in [0.05, 0.1) is 34.3 Å². The van der Waals surface area contributed by atoms with Crippen molar-refractivity contribution in [1.29, 1.82) is 0 Å². The second-order valence-corrected chi connectivity index (χ2v) is 13.9. The first-order valence-electron chi connectivity index (χ1n) is 16.7. The van der Waals surface area contributed by atoms with Crippen LogP contribution < -0.4 is 4.90 Å². The fourth-order valence-electron chi connectivity index (χ4n) is 7.14. The van der Waals surface area contributed by atoms with Crippen LogP contribution >= 0.6 is 15.9 Å². The molecule has 1 aromatic heterocycles. The standard InChI is InChI=1S/C41H35BrN2O5/c1-3-25-20-30(42)21-33-35(41(48)49-23-37(45)29-12-10-27(11-13-29)26-7-5-4-6-8-26)22-36(43-38(25)33)28-14-16-31(17-15-28)44-39(46)32-18-9-24(2)19-34(32)40(44)47/h4-8,10-17,20-22,24,32,34H,3,9,18-19,23H2,1-2H3. The van der Waals surface area contributed by atoms with Crippen molar-refractivity contribution in [2.75, 3.05) is 11.5 Å². The number of hydrogen-bond donors (Lipinski definition) is 0. The van der Waals surface area contributed by atoms with Gasteiger partial charge in [-0.2, -0.15) is 0 Å². The summed E-state index contributed by atoms with van der Waals surface area (Å²) in [5, 5.41) is 0.612. The minimum absolute atomic E-state index is 0.122. The molecule has 0 spiro atoms. The topological polar surface area (TPSA) is 93.6 Å². The number of amides is 2. The largest absolute Gasteiger partial charge is 0.454 e. The molecule has 2 fully saturated rings. The summed E-state index contributed by atoms with van der Waals surface area (Å²) in [7, 11) is 0. The maximum Gasteiger partial charge on any atom is 0.339 e. The number of carbonyl (C=O) groups excluding carboxylic acids is 4. The molecule has 3 atom stereocenters. The predicted molar refractivity (Wildman–Crippen MR) is 193 cm³/mol. The summed E-state index contributed by atoms with van der Waals surface area (Å²) < 4.78 is 6.42. The summed E-state index contributed by atoms with van der Waals surface area (Å²) in [4.78, 5) is 59.6. The van der Waals surface area contributed by atoms with Gasteiger partial charge in [0.25, 0.3) is 0 Å². The number of carbonyl (C=O) groups is 4. The van der Waals surface area contributed by atoms with Crippen molar-refractivity contribution >= 4 is 56.1 Å². The van der Waals surface area contributed by atoms with Gasteiger partial charge < -0.3 is 4.74 Å². The lowest BCUT2D eigenvalue weighted by atomic mass is 9.76. The Morgan fingerprint density at radius 1 is 0.837 bits per heavy atom. The zero-order valence-corrected chi connectivity index (χ0v) is 28.9. The van der Waals surface area contributed by atoms with E-state index in [2.05, 4.69) is 22.9 Å². The fourth-order valence-corrected chi connectivity index (χ4v) is 7.65. The van der Waals surface area contributed by atoms with Gasteiger partial charge in [0.15, 0.2) is 12.4 Å². The summed E-state index contributed by atoms with van der Waals surface area (Å²) in [6.45, 7) is 3.74. The molecule has 49 heavy (non-hydrogen) atoms. The molecule has 8 heteroatoms. The Balaban J connectivity index is 1.15. The highest BCUT2D eigenvalue weighted by Gasteiger charge is 2.49. The molecule has 1 saturated carbocycles. The van der Waals surface area contributed by atoms with Gasteiger partial charge in [-0.3, -0.25) is 19.3 Å². The smallest absolute Gasteiger partial charge is 0.339 e. The highest BCUT2D eigenvalue weighted by molar-refractivity contribution is 9.10. The number of anilines is 1. The average Bonchev–Trinajstić information content (AvgIpc) is 3.37. The van der Waals surface area contributed by atoms with E-state index >= 15 is 0 Å². The highest BCUT2D eigenvalue weighted by Crippen LogP contribution is 2.42. The number of fused-ring (bicyclic) bond motifs is 2. The maximum atomic E-state index is 13.7. The molecule has 2 amide bonds. The van der Waals surface area contributed by atoms with Gasteiger partial charge in [-0.25, -0.2) is 9.78 Å². The number of nitrogens with zero attached hydrogens (tertiary/aromatic N) is 2. The van der Waals surface area contributed by atoms with Gasteiger partial charge >= 0.3 is 5.97 Å². The summed E-state index contributed by atoms with van der Waals surface area (Å²) in [6.07, 6.45) is 3.12. The first kappa shape index (κ1) is 32.6. The van der Waals surface area contributed by atoms with Gasteiger partial charge in [-0.15, -0.1) is 0 Å². The number of ether oxygens (including phenoxy) is 1. The monoisotopic (exact) mass is 714 g/mol. The molecule has 7 nitrogen and oxygen atoms in total. The first-order chi connectivity index (χ1) is 23.7. The number of esters is 1. The number of imide groups is 1. The van der Waals surface area contributed by atoms with E-state index in [0.29, 0.717) is 45.7 Å². The molecule has 3 unspecified atom stereocenters. The van der Waals surface area contributed by atoms with E-state index in [-0.39, 0.29) is 35.0 Å². The maximum absolute atomic E-state index is 13.7. The summed E-state index contributed by atoms with van der Waals surface area (Å²) in [5.41, 5.74) is 6.16. The van der Waals surface area contributed by atoms with E-state index in [1.54, 1.807) is 30.3 Å². The van der Waals surface area contributed by atoms with Crippen LogP contribution in [0.3, 0.4) is 0 Å². The first-order valence-corrected chi connectivity index (χ1v) is 17.5. The Hall–Kier alpha value is -4.95. The molecule has 5 aromatic rings. The van der Waals surface area contributed by atoms with Crippen LogP contribution in [-0.4, -0.2) is 35.2 Å². The molecule has 0 radical (unpaired) electrons. The molecule has 0 N–H and O–H groups in total. The van der Waals surface area contributed by atoms with Gasteiger partial charge in [0.2, 0.25) is 11.8 Å². The van der Waals surface area contributed by atoms with Crippen LogP contribution in [0.15, 0.2) is 102 Å². The molecular weight excluding hydrogens is 680 g/mol. The number of hydrogen-bond acceptors (Lipinski definition) is 6. The summed E-state index contributed by atoms with van der Waals surface area (Å²) in [6, 6.07) is 29.8. The van der Waals surface area contributed by atoms with E-state index in [4.69, 9.17) is 9.72 Å². The van der Waals surface area contributed by atoms with Gasteiger partial charge in [0, 0.05) is 21.0 Å². The molecule has 0 bridgehead atoms. The third-order valence-corrected chi connectivity index (χ3v) is 10.3. The normalized spacial score (nSPS) is 18.8. The van der Waals surface area contributed by atoms with Gasteiger partial charge in [-0.05, 0) is 78.6 Å². The van der Waals surface area contributed by atoms with E-state index in [1.165, 1.54) is 4.90 Å². The number of Topliss-reactive ketones (excluding diaryl/α,β-unsaturated/α-hetero) is 1. The highest BCUT2D eigenvalue weighted by atomic mass is 79.9. The minimum atomic E-state index is -0.634. The molecule has 1 saturated heterocycles. The van der Waals surface area contributed by atoms with E-state index in [1.807, 2.05) is 73.7 Å². The van der Waals surface area contributed by atoms with E-state index < -0.39 is 12.6 Å². The number of pyridine rings is 1. The zero-order chi connectivity index (χ0) is 34.2. The lowest BCUT2D eigenvalue weighted by Crippen LogP contribution is -2.30. The van der Waals surface area contributed by atoms with Gasteiger partial charge in [-0.1, -0.05) is 96.5 Å². The van der Waals surface area contributed by atoms with Crippen LogP contribution in [0.1, 0.15) is 59.4 Å². The van der Waals surface area contributed by atoms with Crippen molar-refractivity contribution in [2.24, 2.45) is 17.8 Å². The second-order valence-electron chi connectivity index (χ2n) is 13.0. The van der Waals surface area contributed by atoms with Crippen molar-refractivity contribution in [2.45, 2.75) is 39.5 Å². The summed E-state index contributed by atoms with van der Waals surface area (Å²) >= 11 is 3.57. The molecule has 2 heterocycles. The van der Waals surface area contributed by atoms with Crippen LogP contribution in [0.4, 0.5) is 5.69 Å². The lowest BCUT2D eigenvalue weighted by molar-refractivity contribution is -0.122. The summed E-state index contributed by atoms with van der Waals surface area (Å²) in [5.74, 6) is -1.25. The number of rotatable bonds is 8. The Morgan fingerprint density at radius 2 is 1.51 bits per heavy atom. The number of aromatic nitrogens is 1. The number of benzene rings is 4. The van der Waals surface area contributed by atoms with Crippen molar-refractivity contribution in [3.05, 3.63) is 118 Å². The third-order valence-electron chi connectivity index (χ3n) is 9.82. The number of ketones is 1. The van der Waals surface area contributed by atoms with Crippen LogP contribution in [0, 0.1) is 17.8 Å². The average molecular weight is 716 g/mol. The van der Waals surface area contributed by atoms with E-state index in [9.17, 15) is 19.2 Å². The van der Waals surface area contributed by atoms with Crippen LogP contribution in [0.5, 0.6) is 0 Å². The Labute approximate surface area is 293 Å².